The van der Waals surface area contributed by atoms with Crippen LogP contribution in [0.15, 0.2) is 28.7 Å². The van der Waals surface area contributed by atoms with Gasteiger partial charge in [0.05, 0.1) is 18.8 Å². The average Bonchev–Trinajstić information content (AvgIpc) is 2.80. The zero-order valence-electron chi connectivity index (χ0n) is 12.7. The molecule has 6 heteroatoms. The molecule has 1 heterocycles. The predicted octanol–water partition coefficient (Wildman–Crippen LogP) is 3.60. The Morgan fingerprint density at radius 2 is 2.05 bits per heavy atom. The maximum absolute atomic E-state index is 10.9. The van der Waals surface area contributed by atoms with Crippen LogP contribution in [0.25, 0.3) is 11.3 Å². The Morgan fingerprint density at radius 1 is 1.36 bits per heavy atom. The topological polar surface area (TPSA) is 66.6 Å². The van der Waals surface area contributed by atoms with Crippen LogP contribution in [0.5, 0.6) is 0 Å². The summed E-state index contributed by atoms with van der Waals surface area (Å²) in [6, 6.07) is 7.35. The number of aliphatic carboxylic acids is 1. The molecule has 2 aromatic rings. The number of benzene rings is 1. The number of hydrogen-bond acceptors (Lipinski definition) is 4. The summed E-state index contributed by atoms with van der Waals surface area (Å²) in [5.41, 5.74) is 1.69. The summed E-state index contributed by atoms with van der Waals surface area (Å²) in [7, 11) is 0. The zero-order chi connectivity index (χ0) is 16.1. The van der Waals surface area contributed by atoms with E-state index in [1.54, 1.807) is 17.0 Å². The van der Waals surface area contributed by atoms with Gasteiger partial charge in [0.25, 0.3) is 0 Å². The number of carboxylic acid groups (broad SMARTS) is 1. The first-order valence-corrected chi connectivity index (χ1v) is 7.53. The second-order valence-electron chi connectivity index (χ2n) is 5.13. The third-order valence-electron chi connectivity index (χ3n) is 3.20. The molecule has 2 rings (SSSR count). The van der Waals surface area contributed by atoms with Crippen molar-refractivity contribution in [3.8, 4) is 11.3 Å². The largest absolute Gasteiger partial charge is 0.480 e. The fourth-order valence-corrected chi connectivity index (χ4v) is 2.43. The van der Waals surface area contributed by atoms with Crippen molar-refractivity contribution in [3.63, 3.8) is 0 Å². The molecule has 0 fully saturated rings. The highest BCUT2D eigenvalue weighted by Crippen LogP contribution is 2.26. The molecule has 1 aromatic heterocycles. The van der Waals surface area contributed by atoms with Crippen LogP contribution in [-0.4, -0.2) is 34.0 Å². The maximum atomic E-state index is 10.9. The molecule has 0 aliphatic rings. The lowest BCUT2D eigenvalue weighted by molar-refractivity contribution is -0.138. The Hall–Kier alpha value is -1.85. The molecule has 0 bridgehead atoms. The van der Waals surface area contributed by atoms with E-state index < -0.39 is 5.97 Å². The highest BCUT2D eigenvalue weighted by atomic mass is 35.5. The fourth-order valence-electron chi connectivity index (χ4n) is 2.30. The summed E-state index contributed by atoms with van der Waals surface area (Å²) < 4.78 is 5.81. The quantitative estimate of drug-likeness (QED) is 0.843. The van der Waals surface area contributed by atoms with Crippen LogP contribution in [0.4, 0.5) is 0 Å². The highest BCUT2D eigenvalue weighted by Gasteiger charge is 2.16. The Kier molecular flexibility index (Phi) is 5.57. The number of oxazole rings is 1. The van der Waals surface area contributed by atoms with Crippen molar-refractivity contribution in [3.05, 3.63) is 40.9 Å². The first kappa shape index (κ1) is 16.5. The number of halogens is 1. The van der Waals surface area contributed by atoms with Crippen LogP contribution in [0.3, 0.4) is 0 Å². The van der Waals surface area contributed by atoms with Crippen LogP contribution >= 0.6 is 11.6 Å². The first-order chi connectivity index (χ1) is 10.5. The monoisotopic (exact) mass is 322 g/mol. The minimum Gasteiger partial charge on any atom is -0.480 e. The summed E-state index contributed by atoms with van der Waals surface area (Å²) in [6.45, 7) is 4.93. The standard InChI is InChI=1S/C16H19ClN2O3/c1-3-8-19(10-15(20)21)9-14-18-11(2)16(22-14)12-4-6-13(17)7-5-12/h4-7H,3,8-10H2,1-2H3,(H,20,21). The van der Waals surface area contributed by atoms with E-state index in [2.05, 4.69) is 4.98 Å². The minimum absolute atomic E-state index is 0.0223. The van der Waals surface area contributed by atoms with Crippen LogP contribution < -0.4 is 0 Å². The lowest BCUT2D eigenvalue weighted by Crippen LogP contribution is -2.30. The van der Waals surface area contributed by atoms with Crippen molar-refractivity contribution < 1.29 is 14.3 Å². The van der Waals surface area contributed by atoms with E-state index in [1.807, 2.05) is 26.0 Å². The first-order valence-electron chi connectivity index (χ1n) is 7.16. The van der Waals surface area contributed by atoms with E-state index in [9.17, 15) is 4.79 Å². The third kappa shape index (κ3) is 4.32. The molecular formula is C16H19ClN2O3. The van der Waals surface area contributed by atoms with E-state index in [1.165, 1.54) is 0 Å². The predicted molar refractivity (Wildman–Crippen MR) is 84.9 cm³/mol. The Labute approximate surface area is 134 Å². The molecule has 0 spiro atoms. The van der Waals surface area contributed by atoms with Gasteiger partial charge in [-0.3, -0.25) is 9.69 Å². The Bertz CT molecular complexity index is 637. The van der Waals surface area contributed by atoms with Crippen molar-refractivity contribution in [2.75, 3.05) is 13.1 Å². The number of carbonyl (C=O) groups is 1. The summed E-state index contributed by atoms with van der Waals surface area (Å²) in [5, 5.41) is 9.61. The second-order valence-corrected chi connectivity index (χ2v) is 5.57. The molecule has 0 amide bonds. The minimum atomic E-state index is -0.852. The summed E-state index contributed by atoms with van der Waals surface area (Å²) >= 11 is 5.89. The highest BCUT2D eigenvalue weighted by molar-refractivity contribution is 6.30. The molecule has 1 aromatic carbocycles. The Morgan fingerprint density at radius 3 is 2.64 bits per heavy atom. The second kappa shape index (κ2) is 7.42. The maximum Gasteiger partial charge on any atom is 0.317 e. The summed E-state index contributed by atoms with van der Waals surface area (Å²) in [4.78, 5) is 17.1. The zero-order valence-corrected chi connectivity index (χ0v) is 13.4. The molecule has 0 radical (unpaired) electrons. The number of nitrogens with zero attached hydrogens (tertiary/aromatic N) is 2. The molecule has 0 aliphatic heterocycles. The SMILES string of the molecule is CCCN(CC(=O)O)Cc1nc(C)c(-c2ccc(Cl)cc2)o1. The number of rotatable bonds is 7. The van der Waals surface area contributed by atoms with Crippen molar-refractivity contribution in [1.82, 2.24) is 9.88 Å². The molecule has 0 aliphatic carbocycles. The van der Waals surface area contributed by atoms with Gasteiger partial charge >= 0.3 is 5.97 Å². The van der Waals surface area contributed by atoms with Gasteiger partial charge in [0.2, 0.25) is 5.89 Å². The number of carboxylic acids is 1. The smallest absolute Gasteiger partial charge is 0.317 e. The van der Waals surface area contributed by atoms with Crippen molar-refractivity contribution >= 4 is 17.6 Å². The summed E-state index contributed by atoms with van der Waals surface area (Å²) in [5.74, 6) is 0.366. The van der Waals surface area contributed by atoms with E-state index in [-0.39, 0.29) is 6.54 Å². The lowest BCUT2D eigenvalue weighted by Gasteiger charge is -2.16. The molecule has 0 unspecified atom stereocenters. The van der Waals surface area contributed by atoms with E-state index in [0.29, 0.717) is 29.8 Å². The molecule has 0 atom stereocenters. The van der Waals surface area contributed by atoms with Crippen LogP contribution in [-0.2, 0) is 11.3 Å². The van der Waals surface area contributed by atoms with Crippen molar-refractivity contribution in [2.45, 2.75) is 26.8 Å². The molecule has 22 heavy (non-hydrogen) atoms. The van der Waals surface area contributed by atoms with Gasteiger partial charge in [-0.2, -0.15) is 0 Å². The van der Waals surface area contributed by atoms with Gasteiger partial charge in [0.15, 0.2) is 5.76 Å². The fraction of sp³-hybridized carbons (Fsp3) is 0.375. The van der Waals surface area contributed by atoms with Crippen LogP contribution in [0.1, 0.15) is 24.9 Å². The van der Waals surface area contributed by atoms with Gasteiger partial charge in [-0.05, 0) is 44.2 Å². The molecule has 5 nitrogen and oxygen atoms in total. The van der Waals surface area contributed by atoms with Gasteiger partial charge in [-0.1, -0.05) is 18.5 Å². The van der Waals surface area contributed by atoms with Crippen LogP contribution in [0, 0.1) is 6.92 Å². The molecule has 1 N–H and O–H groups in total. The molecule has 0 saturated carbocycles. The van der Waals surface area contributed by atoms with E-state index in [0.717, 1.165) is 17.7 Å². The molecule has 118 valence electrons. The van der Waals surface area contributed by atoms with E-state index >= 15 is 0 Å². The Balaban J connectivity index is 2.17. The van der Waals surface area contributed by atoms with Crippen molar-refractivity contribution in [2.24, 2.45) is 0 Å². The summed E-state index contributed by atoms with van der Waals surface area (Å²) in [6.07, 6.45) is 0.872. The number of aromatic nitrogens is 1. The lowest BCUT2D eigenvalue weighted by atomic mass is 10.1. The third-order valence-corrected chi connectivity index (χ3v) is 3.46. The van der Waals surface area contributed by atoms with Gasteiger partial charge < -0.3 is 9.52 Å². The van der Waals surface area contributed by atoms with Gasteiger partial charge in [0, 0.05) is 10.6 Å². The number of hydrogen-bond donors (Lipinski definition) is 1. The van der Waals surface area contributed by atoms with Crippen LogP contribution in [0.2, 0.25) is 5.02 Å². The number of aryl methyl sites for hydroxylation is 1. The van der Waals surface area contributed by atoms with E-state index in [4.69, 9.17) is 21.1 Å². The normalized spacial score (nSPS) is 11.1. The average molecular weight is 323 g/mol. The molecular weight excluding hydrogens is 304 g/mol. The van der Waals surface area contributed by atoms with Gasteiger partial charge in [-0.25, -0.2) is 4.98 Å². The van der Waals surface area contributed by atoms with Crippen molar-refractivity contribution in [1.29, 1.82) is 0 Å². The molecule has 0 saturated heterocycles. The van der Waals surface area contributed by atoms with Gasteiger partial charge in [0.1, 0.15) is 0 Å². The van der Waals surface area contributed by atoms with Gasteiger partial charge in [-0.15, -0.1) is 0 Å².